The van der Waals surface area contributed by atoms with Crippen LogP contribution in [0, 0.1) is 17.8 Å². The summed E-state index contributed by atoms with van der Waals surface area (Å²) >= 11 is 0. The van der Waals surface area contributed by atoms with Gasteiger partial charge in [-0.25, -0.2) is 0 Å². The summed E-state index contributed by atoms with van der Waals surface area (Å²) in [6.45, 7) is 9.70. The summed E-state index contributed by atoms with van der Waals surface area (Å²) in [7, 11) is -4.67. The topological polar surface area (TPSA) is 94.8 Å². The first-order valence-electron chi connectivity index (χ1n) is 8.37. The second-order valence-corrected chi connectivity index (χ2v) is 7.68. The van der Waals surface area contributed by atoms with Gasteiger partial charge in [-0.05, 0) is 30.6 Å². The van der Waals surface area contributed by atoms with Gasteiger partial charge >= 0.3 is 10.4 Å². The highest BCUT2D eigenvalue weighted by atomic mass is 32.3. The molecule has 0 fully saturated rings. The highest BCUT2D eigenvalue weighted by molar-refractivity contribution is 7.79. The average Bonchev–Trinajstić information content (AvgIpc) is 2.33. The number of hydrogen-bond donors (Lipinski definition) is 3. The van der Waals surface area contributed by atoms with Crippen LogP contribution in [0.2, 0.25) is 0 Å². The fourth-order valence-corrected chi connectivity index (χ4v) is 2.42. The molecule has 0 aliphatic rings. The lowest BCUT2D eigenvalue weighted by molar-refractivity contribution is 0.269. The Morgan fingerprint density at radius 3 is 1.36 bits per heavy atom. The van der Waals surface area contributed by atoms with Gasteiger partial charge in [0.1, 0.15) is 0 Å². The first-order chi connectivity index (χ1) is 10.1. The maximum absolute atomic E-state index is 8.77. The third-order valence-electron chi connectivity index (χ3n) is 3.73. The fourth-order valence-electron chi connectivity index (χ4n) is 2.42. The van der Waals surface area contributed by atoms with E-state index in [0.29, 0.717) is 6.61 Å². The van der Waals surface area contributed by atoms with Crippen LogP contribution in [0.25, 0.3) is 0 Å². The summed E-state index contributed by atoms with van der Waals surface area (Å²) in [5.74, 6) is 2.56. The predicted octanol–water partition coefficient (Wildman–Crippen LogP) is 4.37. The number of hydrogen-bond acceptors (Lipinski definition) is 3. The third-order valence-corrected chi connectivity index (χ3v) is 3.73. The number of aliphatic hydroxyl groups is 1. The van der Waals surface area contributed by atoms with Crippen molar-refractivity contribution in [3.05, 3.63) is 0 Å². The summed E-state index contributed by atoms with van der Waals surface area (Å²) < 4.78 is 31.6. The molecule has 0 rings (SSSR count). The molecule has 0 aliphatic heterocycles. The van der Waals surface area contributed by atoms with Crippen LogP contribution in [-0.4, -0.2) is 29.2 Å². The van der Waals surface area contributed by atoms with Gasteiger partial charge in [0.25, 0.3) is 0 Å². The second kappa shape index (κ2) is 14.4. The number of rotatable bonds is 11. The lowest BCUT2D eigenvalue weighted by atomic mass is 9.92. The zero-order valence-electron chi connectivity index (χ0n) is 14.7. The Bertz CT molecular complexity index is 319. The Kier molecular flexibility index (Phi) is 15.8. The van der Waals surface area contributed by atoms with E-state index in [1.54, 1.807) is 0 Å². The molecule has 0 heterocycles. The lowest BCUT2D eigenvalue weighted by Crippen LogP contribution is -2.00. The quantitative estimate of drug-likeness (QED) is 0.485. The van der Waals surface area contributed by atoms with Crippen molar-refractivity contribution in [2.45, 2.75) is 79.1 Å². The van der Waals surface area contributed by atoms with E-state index >= 15 is 0 Å². The molecule has 0 aromatic carbocycles. The van der Waals surface area contributed by atoms with Gasteiger partial charge in [-0.1, -0.05) is 66.2 Å². The highest BCUT2D eigenvalue weighted by Gasteiger charge is 2.06. The Morgan fingerprint density at radius 1 is 0.727 bits per heavy atom. The SMILES string of the molecule is CC(C)CCCC(C)CCCC(C)CCCO.O=S(=O)(O)O. The first-order valence-corrected chi connectivity index (χ1v) is 9.76. The van der Waals surface area contributed by atoms with Crippen LogP contribution in [0.3, 0.4) is 0 Å². The molecule has 0 amide bonds. The molecule has 0 radical (unpaired) electrons. The van der Waals surface area contributed by atoms with Crippen molar-refractivity contribution in [3.63, 3.8) is 0 Å². The molecule has 0 bridgehead atoms. The zero-order chi connectivity index (χ0) is 17.6. The highest BCUT2D eigenvalue weighted by Crippen LogP contribution is 2.20. The fraction of sp³-hybridized carbons (Fsp3) is 1.00. The van der Waals surface area contributed by atoms with E-state index in [2.05, 4.69) is 27.7 Å². The minimum absolute atomic E-state index is 0.357. The van der Waals surface area contributed by atoms with E-state index in [1.165, 1.54) is 44.9 Å². The molecular formula is C16H36O5S. The molecule has 0 aliphatic carbocycles. The molecule has 2 atom stereocenters. The van der Waals surface area contributed by atoms with E-state index in [9.17, 15) is 0 Å². The predicted molar refractivity (Wildman–Crippen MR) is 91.4 cm³/mol. The molecule has 2 unspecified atom stereocenters. The van der Waals surface area contributed by atoms with Gasteiger partial charge in [-0.15, -0.1) is 0 Å². The van der Waals surface area contributed by atoms with Gasteiger partial charge in [-0.2, -0.15) is 8.42 Å². The second-order valence-electron chi connectivity index (χ2n) is 6.78. The van der Waals surface area contributed by atoms with E-state index < -0.39 is 10.4 Å². The Labute approximate surface area is 137 Å². The minimum atomic E-state index is -4.67. The zero-order valence-corrected chi connectivity index (χ0v) is 15.5. The van der Waals surface area contributed by atoms with Crippen LogP contribution >= 0.6 is 0 Å². The molecular weight excluding hydrogens is 304 g/mol. The molecule has 0 saturated carbocycles. The molecule has 0 saturated heterocycles. The van der Waals surface area contributed by atoms with Gasteiger partial charge in [0, 0.05) is 6.61 Å². The van der Waals surface area contributed by atoms with Crippen molar-refractivity contribution in [1.82, 2.24) is 0 Å². The standard InChI is InChI=1S/C16H34O.H2O4S/c1-14(2)8-5-9-15(3)10-6-11-16(4)12-7-13-17;1-5(2,3)4/h14-17H,5-13H2,1-4H3;(H2,1,2,3,4). The molecule has 0 spiro atoms. The largest absolute Gasteiger partial charge is 0.396 e. The van der Waals surface area contributed by atoms with Crippen molar-refractivity contribution in [2.75, 3.05) is 6.61 Å². The molecule has 5 nitrogen and oxygen atoms in total. The minimum Gasteiger partial charge on any atom is -0.396 e. The van der Waals surface area contributed by atoms with Gasteiger partial charge < -0.3 is 5.11 Å². The van der Waals surface area contributed by atoms with E-state index in [4.69, 9.17) is 22.6 Å². The molecule has 3 N–H and O–H groups in total. The van der Waals surface area contributed by atoms with Crippen LogP contribution in [0.15, 0.2) is 0 Å². The molecule has 22 heavy (non-hydrogen) atoms. The van der Waals surface area contributed by atoms with Gasteiger partial charge in [0.15, 0.2) is 0 Å². The monoisotopic (exact) mass is 340 g/mol. The summed E-state index contributed by atoms with van der Waals surface area (Å²) in [4.78, 5) is 0. The summed E-state index contributed by atoms with van der Waals surface area (Å²) in [6, 6.07) is 0. The molecule has 0 aromatic rings. The van der Waals surface area contributed by atoms with Crippen LogP contribution in [-0.2, 0) is 10.4 Å². The summed E-state index contributed by atoms with van der Waals surface area (Å²) in [5, 5.41) is 8.77. The van der Waals surface area contributed by atoms with E-state index in [-0.39, 0.29) is 0 Å². The van der Waals surface area contributed by atoms with Gasteiger partial charge in [0.2, 0.25) is 0 Å². The van der Waals surface area contributed by atoms with Crippen molar-refractivity contribution in [1.29, 1.82) is 0 Å². The summed E-state index contributed by atoms with van der Waals surface area (Å²) in [6.07, 6.45) is 10.5. The van der Waals surface area contributed by atoms with Crippen LogP contribution in [0.5, 0.6) is 0 Å². The van der Waals surface area contributed by atoms with Crippen LogP contribution in [0.1, 0.15) is 79.1 Å². The molecule has 6 heteroatoms. The van der Waals surface area contributed by atoms with Crippen LogP contribution < -0.4 is 0 Å². The molecule has 0 aromatic heterocycles. The number of aliphatic hydroxyl groups excluding tert-OH is 1. The third kappa shape index (κ3) is 28.1. The Balaban J connectivity index is 0. The summed E-state index contributed by atoms with van der Waals surface area (Å²) in [5.41, 5.74) is 0. The van der Waals surface area contributed by atoms with Gasteiger partial charge in [-0.3, -0.25) is 9.11 Å². The smallest absolute Gasteiger partial charge is 0.394 e. The van der Waals surface area contributed by atoms with Crippen molar-refractivity contribution in [2.24, 2.45) is 17.8 Å². The van der Waals surface area contributed by atoms with Crippen LogP contribution in [0.4, 0.5) is 0 Å². The van der Waals surface area contributed by atoms with Gasteiger partial charge in [0.05, 0.1) is 0 Å². The maximum Gasteiger partial charge on any atom is 0.394 e. The first kappa shape index (κ1) is 24.1. The molecule has 136 valence electrons. The maximum atomic E-state index is 8.77. The lowest BCUT2D eigenvalue weighted by Gasteiger charge is -2.14. The van der Waals surface area contributed by atoms with Crippen molar-refractivity contribution >= 4 is 10.4 Å². The van der Waals surface area contributed by atoms with E-state index in [0.717, 1.165) is 24.2 Å². The Morgan fingerprint density at radius 2 is 1.05 bits per heavy atom. The van der Waals surface area contributed by atoms with Crippen molar-refractivity contribution in [3.8, 4) is 0 Å². The van der Waals surface area contributed by atoms with Crippen molar-refractivity contribution < 1.29 is 22.6 Å². The normalized spacial score (nSPS) is 14.4. The average molecular weight is 341 g/mol. The Hall–Kier alpha value is -0.170. The van der Waals surface area contributed by atoms with E-state index in [1.807, 2.05) is 0 Å².